The molecule has 14 heteroatoms. The van der Waals surface area contributed by atoms with Crippen LogP contribution < -0.4 is 0 Å². The standard InChI is InChI=1S/C22H37O13P/c1-5-9-15(23)30-13-14-19(32-16(24)10-6-2)20(33-17(25)11-7-3)21(34-18(26)12-8-4)22(31-14)35-36(27,28)29/h14,19-22H,5-13H2,1-4H3,(H2,27,28,29)/t14-,19-,20+,21+,22-/m1/s1. The van der Waals surface area contributed by atoms with Gasteiger partial charge in [0.15, 0.2) is 18.3 Å². The van der Waals surface area contributed by atoms with E-state index in [2.05, 4.69) is 0 Å². The first kappa shape index (κ1) is 32.0. The summed E-state index contributed by atoms with van der Waals surface area (Å²) in [5.41, 5.74) is 0. The molecule has 0 bridgehead atoms. The number of carbonyl (C=O) groups excluding carboxylic acids is 4. The molecule has 2 N–H and O–H groups in total. The van der Waals surface area contributed by atoms with Crippen molar-refractivity contribution in [2.45, 2.75) is 110 Å². The van der Waals surface area contributed by atoms with Gasteiger partial charge in [0.05, 0.1) is 0 Å². The van der Waals surface area contributed by atoms with Crippen LogP contribution in [0.2, 0.25) is 0 Å². The summed E-state index contributed by atoms with van der Waals surface area (Å²) in [6.07, 6.45) is -6.27. The Hall–Kier alpha value is -2.05. The predicted molar refractivity (Wildman–Crippen MR) is 122 cm³/mol. The van der Waals surface area contributed by atoms with Gasteiger partial charge in [-0.25, -0.2) is 4.57 Å². The molecule has 1 fully saturated rings. The Kier molecular flexibility index (Phi) is 14.2. The number of phosphoric acid groups is 1. The van der Waals surface area contributed by atoms with Crippen LogP contribution in [0.3, 0.4) is 0 Å². The summed E-state index contributed by atoms with van der Waals surface area (Å²) < 4.78 is 43.5. The van der Waals surface area contributed by atoms with Crippen LogP contribution in [0.25, 0.3) is 0 Å². The fourth-order valence-corrected chi connectivity index (χ4v) is 3.77. The molecule has 1 aliphatic heterocycles. The first-order chi connectivity index (χ1) is 16.9. The van der Waals surface area contributed by atoms with Crippen molar-refractivity contribution < 1.29 is 61.7 Å². The molecule has 0 radical (unpaired) electrons. The van der Waals surface area contributed by atoms with E-state index in [4.69, 9.17) is 28.2 Å². The fourth-order valence-electron chi connectivity index (χ4n) is 3.33. The molecule has 1 heterocycles. The van der Waals surface area contributed by atoms with Crippen LogP contribution in [0.4, 0.5) is 0 Å². The number of phosphoric ester groups is 1. The average Bonchev–Trinajstić information content (AvgIpc) is 2.76. The predicted octanol–water partition coefficient (Wildman–Crippen LogP) is 2.30. The van der Waals surface area contributed by atoms with Crippen molar-refractivity contribution in [3.63, 3.8) is 0 Å². The van der Waals surface area contributed by atoms with E-state index in [0.717, 1.165) is 0 Å². The molecule has 0 spiro atoms. The molecule has 0 aromatic carbocycles. The summed E-state index contributed by atoms with van der Waals surface area (Å²) in [5.74, 6) is -2.81. The van der Waals surface area contributed by atoms with Crippen LogP contribution >= 0.6 is 7.82 Å². The van der Waals surface area contributed by atoms with E-state index < -0.39 is 69.0 Å². The Morgan fingerprint density at radius 3 is 1.56 bits per heavy atom. The molecule has 5 atom stereocenters. The second kappa shape index (κ2) is 15.9. The molecule has 0 unspecified atom stereocenters. The van der Waals surface area contributed by atoms with Gasteiger partial charge in [-0.1, -0.05) is 27.7 Å². The highest BCUT2D eigenvalue weighted by Gasteiger charge is 2.54. The number of rotatable bonds is 15. The number of hydrogen-bond donors (Lipinski definition) is 2. The maximum Gasteiger partial charge on any atom is 0.472 e. The lowest BCUT2D eigenvalue weighted by Gasteiger charge is -2.44. The molecule has 13 nitrogen and oxygen atoms in total. The lowest BCUT2D eigenvalue weighted by atomic mass is 9.98. The topological polar surface area (TPSA) is 181 Å². The first-order valence-electron chi connectivity index (χ1n) is 12.1. The van der Waals surface area contributed by atoms with Gasteiger partial charge in [0.25, 0.3) is 0 Å². The van der Waals surface area contributed by atoms with Gasteiger partial charge in [-0.15, -0.1) is 0 Å². The molecule has 0 saturated carbocycles. The van der Waals surface area contributed by atoms with Gasteiger partial charge in [-0.2, -0.15) is 0 Å². The minimum Gasteiger partial charge on any atom is -0.463 e. The minimum atomic E-state index is -5.21. The third-order valence-corrected chi connectivity index (χ3v) is 5.34. The van der Waals surface area contributed by atoms with Crippen molar-refractivity contribution in [2.24, 2.45) is 0 Å². The SMILES string of the molecule is CCCC(=O)OC[C@H]1O[C@H](OP(=O)(O)O)[C@@H](OC(=O)CCC)[C@@H](OC(=O)CCC)[C@@H]1OC(=O)CCC. The molecule has 36 heavy (non-hydrogen) atoms. The van der Waals surface area contributed by atoms with Gasteiger partial charge >= 0.3 is 31.7 Å². The van der Waals surface area contributed by atoms with Crippen molar-refractivity contribution in [3.05, 3.63) is 0 Å². The summed E-state index contributed by atoms with van der Waals surface area (Å²) >= 11 is 0. The smallest absolute Gasteiger partial charge is 0.463 e. The van der Waals surface area contributed by atoms with E-state index in [0.29, 0.717) is 25.7 Å². The zero-order valence-electron chi connectivity index (χ0n) is 21.1. The summed E-state index contributed by atoms with van der Waals surface area (Å²) in [6, 6.07) is 0. The Balaban J connectivity index is 3.47. The van der Waals surface area contributed by atoms with Gasteiger partial charge in [0.1, 0.15) is 12.7 Å². The molecule has 1 rings (SSSR count). The third kappa shape index (κ3) is 11.3. The molecule has 0 aromatic heterocycles. The van der Waals surface area contributed by atoms with Crippen molar-refractivity contribution in [3.8, 4) is 0 Å². The molecular weight excluding hydrogens is 503 g/mol. The third-order valence-electron chi connectivity index (χ3n) is 4.86. The van der Waals surface area contributed by atoms with Gasteiger partial charge in [0, 0.05) is 25.7 Å². The van der Waals surface area contributed by atoms with Crippen LogP contribution in [0.5, 0.6) is 0 Å². The van der Waals surface area contributed by atoms with Crippen LogP contribution in [0.15, 0.2) is 0 Å². The number of hydrogen-bond acceptors (Lipinski definition) is 11. The van der Waals surface area contributed by atoms with Gasteiger partial charge in [0.2, 0.25) is 6.29 Å². The molecular formula is C22H37O13P. The zero-order valence-corrected chi connectivity index (χ0v) is 22.0. The molecule has 0 aromatic rings. The zero-order chi connectivity index (χ0) is 27.3. The Morgan fingerprint density at radius 2 is 1.11 bits per heavy atom. The summed E-state index contributed by atoms with van der Waals surface area (Å²) in [5, 5.41) is 0. The monoisotopic (exact) mass is 540 g/mol. The molecule has 0 amide bonds. The summed E-state index contributed by atoms with van der Waals surface area (Å²) in [4.78, 5) is 68.0. The van der Waals surface area contributed by atoms with E-state index in [1.807, 2.05) is 0 Å². The maximum atomic E-state index is 12.5. The summed E-state index contributed by atoms with van der Waals surface area (Å²) in [6.45, 7) is 6.41. The number of carbonyl (C=O) groups is 4. The van der Waals surface area contributed by atoms with Crippen LogP contribution in [-0.2, 0) is 52.0 Å². The number of ether oxygens (including phenoxy) is 5. The highest BCUT2D eigenvalue weighted by molar-refractivity contribution is 7.46. The van der Waals surface area contributed by atoms with E-state index in [1.165, 1.54) is 0 Å². The van der Waals surface area contributed by atoms with Gasteiger partial charge in [-0.3, -0.25) is 23.7 Å². The van der Waals surface area contributed by atoms with E-state index in [9.17, 15) is 33.5 Å². The molecule has 1 saturated heterocycles. The Morgan fingerprint density at radius 1 is 0.694 bits per heavy atom. The van der Waals surface area contributed by atoms with Crippen LogP contribution in [-0.4, -0.2) is 71.0 Å². The Bertz CT molecular complexity index is 780. The van der Waals surface area contributed by atoms with Crippen molar-refractivity contribution in [1.82, 2.24) is 0 Å². The molecule has 0 aliphatic carbocycles. The average molecular weight is 540 g/mol. The fraction of sp³-hybridized carbons (Fsp3) is 0.818. The van der Waals surface area contributed by atoms with Crippen molar-refractivity contribution in [1.29, 1.82) is 0 Å². The van der Waals surface area contributed by atoms with Gasteiger partial charge in [-0.05, 0) is 25.7 Å². The number of esters is 4. The van der Waals surface area contributed by atoms with E-state index in [1.54, 1.807) is 27.7 Å². The lowest BCUT2D eigenvalue weighted by molar-refractivity contribution is -0.292. The largest absolute Gasteiger partial charge is 0.472 e. The van der Waals surface area contributed by atoms with Gasteiger partial charge < -0.3 is 33.5 Å². The Labute approximate surface area is 210 Å². The highest BCUT2D eigenvalue weighted by Crippen LogP contribution is 2.42. The molecule has 208 valence electrons. The lowest BCUT2D eigenvalue weighted by Crippen LogP contribution is -2.63. The molecule has 1 aliphatic rings. The maximum absolute atomic E-state index is 12.5. The first-order valence-corrected chi connectivity index (χ1v) is 13.6. The van der Waals surface area contributed by atoms with Crippen molar-refractivity contribution >= 4 is 31.7 Å². The quantitative estimate of drug-likeness (QED) is 0.175. The van der Waals surface area contributed by atoms with E-state index >= 15 is 0 Å². The second-order valence-electron chi connectivity index (χ2n) is 8.19. The van der Waals surface area contributed by atoms with E-state index in [-0.39, 0.29) is 25.7 Å². The second-order valence-corrected chi connectivity index (χ2v) is 9.38. The van der Waals surface area contributed by atoms with Crippen LogP contribution in [0, 0.1) is 0 Å². The van der Waals surface area contributed by atoms with Crippen LogP contribution in [0.1, 0.15) is 79.1 Å². The summed E-state index contributed by atoms with van der Waals surface area (Å²) in [7, 11) is -5.21. The van der Waals surface area contributed by atoms with Crippen molar-refractivity contribution in [2.75, 3.05) is 6.61 Å². The normalized spacial score (nSPS) is 24.0. The minimum absolute atomic E-state index is 0.00281. The highest BCUT2D eigenvalue weighted by atomic mass is 31.2.